The highest BCUT2D eigenvalue weighted by molar-refractivity contribution is 7.84. The summed E-state index contributed by atoms with van der Waals surface area (Å²) in [5.74, 6) is -0.825. The van der Waals surface area contributed by atoms with Gasteiger partial charge in [0.15, 0.2) is 11.5 Å². The molecular formula is C10H10N2O5S. The molecule has 0 fully saturated rings. The summed E-state index contributed by atoms with van der Waals surface area (Å²) in [7, 11) is -4.24. The first-order valence-electron chi connectivity index (χ1n) is 4.86. The van der Waals surface area contributed by atoms with Crippen molar-refractivity contribution in [1.29, 1.82) is 0 Å². The molecule has 2 aromatic rings. The lowest BCUT2D eigenvalue weighted by atomic mass is 10.1. The van der Waals surface area contributed by atoms with Crippen molar-refractivity contribution in [1.82, 2.24) is 4.98 Å². The van der Waals surface area contributed by atoms with Crippen molar-refractivity contribution in [3.63, 3.8) is 0 Å². The third-order valence-corrected chi connectivity index (χ3v) is 2.78. The van der Waals surface area contributed by atoms with Gasteiger partial charge in [-0.05, 0) is 24.6 Å². The standard InChI is InChI=1S/C10H10N2O5S/c1-5-4-8(13)12-9-6(5)2-3-7(10(9)14)17-18(11,15)16/h2-4,14H,1H3,(H,12,13)(H2,11,15,16). The van der Waals surface area contributed by atoms with Gasteiger partial charge in [-0.15, -0.1) is 0 Å². The highest BCUT2D eigenvalue weighted by Gasteiger charge is 2.14. The van der Waals surface area contributed by atoms with Gasteiger partial charge in [-0.25, -0.2) is 0 Å². The van der Waals surface area contributed by atoms with E-state index in [1.807, 2.05) is 0 Å². The number of nitrogens with one attached hydrogen (secondary N) is 1. The maximum Gasteiger partial charge on any atom is 0.380 e. The Labute approximate surface area is 102 Å². The van der Waals surface area contributed by atoms with Crippen LogP contribution < -0.4 is 14.9 Å². The first-order valence-corrected chi connectivity index (χ1v) is 6.33. The van der Waals surface area contributed by atoms with Crippen LogP contribution in [0.25, 0.3) is 10.9 Å². The van der Waals surface area contributed by atoms with E-state index in [9.17, 15) is 18.3 Å². The van der Waals surface area contributed by atoms with Crippen molar-refractivity contribution in [2.45, 2.75) is 6.92 Å². The number of pyridine rings is 1. The van der Waals surface area contributed by atoms with Crippen molar-refractivity contribution < 1.29 is 17.7 Å². The van der Waals surface area contributed by atoms with Crippen LogP contribution in [0.4, 0.5) is 0 Å². The average molecular weight is 270 g/mol. The molecule has 1 aromatic carbocycles. The maximum absolute atomic E-state index is 11.3. The molecule has 0 bridgehead atoms. The van der Waals surface area contributed by atoms with Gasteiger partial charge in [0.1, 0.15) is 0 Å². The molecule has 1 heterocycles. The van der Waals surface area contributed by atoms with Crippen LogP contribution in [0.1, 0.15) is 5.56 Å². The number of nitrogens with two attached hydrogens (primary N) is 1. The van der Waals surface area contributed by atoms with E-state index in [1.165, 1.54) is 18.2 Å². The van der Waals surface area contributed by atoms with E-state index in [4.69, 9.17) is 5.14 Å². The van der Waals surface area contributed by atoms with Crippen LogP contribution in [0.5, 0.6) is 11.5 Å². The van der Waals surface area contributed by atoms with Gasteiger partial charge in [0.05, 0.1) is 5.52 Å². The molecule has 0 aliphatic rings. The molecule has 0 aliphatic carbocycles. The van der Waals surface area contributed by atoms with E-state index in [-0.39, 0.29) is 11.3 Å². The van der Waals surface area contributed by atoms with Gasteiger partial charge in [-0.1, -0.05) is 0 Å². The number of aryl methyl sites for hydroxylation is 1. The summed E-state index contributed by atoms with van der Waals surface area (Å²) in [6, 6.07) is 4.14. The largest absolute Gasteiger partial charge is 0.503 e. The molecule has 0 saturated heterocycles. The molecule has 2 rings (SSSR count). The van der Waals surface area contributed by atoms with Gasteiger partial charge in [0.2, 0.25) is 5.56 Å². The molecule has 8 heteroatoms. The number of H-pyrrole nitrogens is 1. The fraction of sp³-hybridized carbons (Fsp3) is 0.100. The van der Waals surface area contributed by atoms with Crippen molar-refractivity contribution in [3.8, 4) is 11.5 Å². The summed E-state index contributed by atoms with van der Waals surface area (Å²) in [5.41, 5.74) is 0.329. The number of fused-ring (bicyclic) bond motifs is 1. The normalized spacial score (nSPS) is 11.7. The van der Waals surface area contributed by atoms with Crippen LogP contribution in [0.3, 0.4) is 0 Å². The quantitative estimate of drug-likeness (QED) is 0.715. The van der Waals surface area contributed by atoms with Crippen molar-refractivity contribution in [3.05, 3.63) is 34.1 Å². The number of hydrogen-bond acceptors (Lipinski definition) is 5. The van der Waals surface area contributed by atoms with Gasteiger partial charge >= 0.3 is 10.3 Å². The number of rotatable bonds is 2. The minimum atomic E-state index is -4.24. The summed E-state index contributed by atoms with van der Waals surface area (Å²) < 4.78 is 26.0. The number of aromatic hydroxyl groups is 1. The zero-order valence-electron chi connectivity index (χ0n) is 9.30. The topological polar surface area (TPSA) is 122 Å². The second-order valence-electron chi connectivity index (χ2n) is 3.73. The summed E-state index contributed by atoms with van der Waals surface area (Å²) in [6.45, 7) is 1.69. The van der Waals surface area contributed by atoms with E-state index in [0.717, 1.165) is 0 Å². The van der Waals surface area contributed by atoms with Crippen LogP contribution in [0, 0.1) is 6.92 Å². The van der Waals surface area contributed by atoms with Gasteiger partial charge in [0.25, 0.3) is 0 Å². The number of benzene rings is 1. The zero-order valence-corrected chi connectivity index (χ0v) is 10.1. The van der Waals surface area contributed by atoms with E-state index in [2.05, 4.69) is 9.17 Å². The Kier molecular flexibility index (Phi) is 2.76. The Morgan fingerprint density at radius 1 is 1.39 bits per heavy atom. The molecule has 0 unspecified atom stereocenters. The molecular weight excluding hydrogens is 260 g/mol. The molecule has 1 aromatic heterocycles. The van der Waals surface area contributed by atoms with Gasteiger partial charge in [0, 0.05) is 11.5 Å². The number of phenolic OH excluding ortho intramolecular Hbond substituents is 1. The van der Waals surface area contributed by atoms with Crippen molar-refractivity contribution in [2.75, 3.05) is 0 Å². The molecule has 0 atom stereocenters. The van der Waals surface area contributed by atoms with Gasteiger partial charge in [-0.2, -0.15) is 13.6 Å². The Hall–Kier alpha value is -2.06. The molecule has 0 amide bonds. The number of aromatic amines is 1. The minimum Gasteiger partial charge on any atom is -0.503 e. The smallest absolute Gasteiger partial charge is 0.380 e. The lowest BCUT2D eigenvalue weighted by molar-refractivity contribution is 0.432. The first kappa shape index (κ1) is 12.4. The lowest BCUT2D eigenvalue weighted by Gasteiger charge is -2.08. The number of phenols is 1. The van der Waals surface area contributed by atoms with Crippen molar-refractivity contribution in [2.24, 2.45) is 5.14 Å². The maximum atomic E-state index is 11.3. The van der Waals surface area contributed by atoms with E-state index >= 15 is 0 Å². The number of hydrogen-bond donors (Lipinski definition) is 3. The predicted molar refractivity (Wildman–Crippen MR) is 64.7 cm³/mol. The molecule has 0 spiro atoms. The van der Waals surface area contributed by atoms with Crippen LogP contribution in [0.2, 0.25) is 0 Å². The zero-order chi connectivity index (χ0) is 13.5. The Morgan fingerprint density at radius 2 is 2.06 bits per heavy atom. The highest BCUT2D eigenvalue weighted by Crippen LogP contribution is 2.34. The Morgan fingerprint density at radius 3 is 2.67 bits per heavy atom. The monoisotopic (exact) mass is 270 g/mol. The fourth-order valence-corrected chi connectivity index (χ4v) is 2.04. The van der Waals surface area contributed by atoms with Crippen LogP contribution in [-0.2, 0) is 10.3 Å². The predicted octanol–water partition coefficient (Wildman–Crippen LogP) is 0.124. The summed E-state index contributed by atoms with van der Waals surface area (Å²) in [4.78, 5) is 13.7. The third kappa shape index (κ3) is 2.29. The van der Waals surface area contributed by atoms with E-state index in [0.29, 0.717) is 10.9 Å². The second kappa shape index (κ2) is 4.00. The molecule has 0 radical (unpaired) electrons. The van der Waals surface area contributed by atoms with Gasteiger partial charge < -0.3 is 14.3 Å². The molecule has 18 heavy (non-hydrogen) atoms. The highest BCUT2D eigenvalue weighted by atomic mass is 32.2. The second-order valence-corrected chi connectivity index (χ2v) is 4.88. The molecule has 4 N–H and O–H groups in total. The summed E-state index contributed by atoms with van der Waals surface area (Å²) >= 11 is 0. The first-order chi connectivity index (χ1) is 8.28. The number of aromatic nitrogens is 1. The minimum absolute atomic E-state index is 0.0983. The molecule has 0 aliphatic heterocycles. The summed E-state index contributed by atoms with van der Waals surface area (Å²) in [6.07, 6.45) is 0. The SMILES string of the molecule is Cc1cc(=O)[nH]c2c(O)c(OS(N)(=O)=O)ccc12. The van der Waals surface area contributed by atoms with Crippen LogP contribution in [0.15, 0.2) is 23.0 Å². The van der Waals surface area contributed by atoms with E-state index in [1.54, 1.807) is 6.92 Å². The Bertz CT molecular complexity index is 779. The lowest BCUT2D eigenvalue weighted by Crippen LogP contribution is -2.19. The van der Waals surface area contributed by atoms with Crippen molar-refractivity contribution >= 4 is 21.2 Å². The van der Waals surface area contributed by atoms with E-state index < -0.39 is 21.6 Å². The molecule has 7 nitrogen and oxygen atoms in total. The fourth-order valence-electron chi connectivity index (χ4n) is 1.65. The average Bonchev–Trinajstić information content (AvgIpc) is 2.21. The summed E-state index contributed by atoms with van der Waals surface area (Å²) in [5, 5.41) is 15.1. The molecule has 96 valence electrons. The van der Waals surface area contributed by atoms with Crippen LogP contribution >= 0.6 is 0 Å². The third-order valence-electron chi connectivity index (χ3n) is 2.37. The van der Waals surface area contributed by atoms with Gasteiger partial charge in [-0.3, -0.25) is 4.79 Å². The molecule has 0 saturated carbocycles. The van der Waals surface area contributed by atoms with Crippen LogP contribution in [-0.4, -0.2) is 18.5 Å². The Balaban J connectivity index is 2.75.